The molecule has 0 aliphatic carbocycles. The number of carboxylic acids is 1. The molecule has 1 fully saturated rings. The highest BCUT2D eigenvalue weighted by molar-refractivity contribution is 8.93. The number of carbonyl (C=O) groups excluding carboxylic acids is 1. The number of aliphatic carboxylic acids is 1. The number of nitrogens with one attached hydrogen (secondary N) is 1. The SMILES string of the molecule is Br.CCOc1nc2c(nc1OCC)C(=N)N(CC(=O)c1cc(N3CCCC3)c(OCC(=O)O)c(C(C)(C)C)c1)C2. The van der Waals surface area contributed by atoms with E-state index < -0.39 is 18.0 Å². The number of anilines is 1. The summed E-state index contributed by atoms with van der Waals surface area (Å²) in [5.74, 6) is -0.105. The summed E-state index contributed by atoms with van der Waals surface area (Å²) in [6, 6.07) is 3.59. The second kappa shape index (κ2) is 12.8. The lowest BCUT2D eigenvalue weighted by Gasteiger charge is -2.29. The molecule has 2 aliphatic heterocycles. The lowest BCUT2D eigenvalue weighted by atomic mass is 9.84. The van der Waals surface area contributed by atoms with Crippen LogP contribution in [0, 0.1) is 5.41 Å². The van der Waals surface area contributed by atoms with Gasteiger partial charge in [-0.2, -0.15) is 0 Å². The Kier molecular flexibility index (Phi) is 9.99. The quantitative estimate of drug-likeness (QED) is 0.351. The van der Waals surface area contributed by atoms with Crippen molar-refractivity contribution < 1.29 is 28.9 Å². The van der Waals surface area contributed by atoms with Crippen molar-refractivity contribution in [3.63, 3.8) is 0 Å². The fraction of sp³-hybridized carbons (Fsp3) is 0.536. The predicted molar refractivity (Wildman–Crippen MR) is 156 cm³/mol. The highest BCUT2D eigenvalue weighted by atomic mass is 79.9. The molecule has 3 heterocycles. The molecule has 1 aromatic heterocycles. The van der Waals surface area contributed by atoms with E-state index in [9.17, 15) is 14.7 Å². The number of aromatic nitrogens is 2. The van der Waals surface area contributed by atoms with Gasteiger partial charge in [-0.3, -0.25) is 10.2 Å². The summed E-state index contributed by atoms with van der Waals surface area (Å²) < 4.78 is 17.0. The maximum Gasteiger partial charge on any atom is 0.341 e. The van der Waals surface area contributed by atoms with Crippen LogP contribution < -0.4 is 19.1 Å². The van der Waals surface area contributed by atoms with Gasteiger partial charge >= 0.3 is 5.97 Å². The molecule has 0 spiro atoms. The molecule has 0 radical (unpaired) electrons. The minimum Gasteiger partial charge on any atom is -0.479 e. The molecule has 1 saturated heterocycles. The molecular formula is C28H38BrN5O6. The first-order valence-electron chi connectivity index (χ1n) is 13.3. The van der Waals surface area contributed by atoms with Crippen molar-refractivity contribution in [1.29, 1.82) is 5.41 Å². The van der Waals surface area contributed by atoms with Gasteiger partial charge in [0.1, 0.15) is 17.3 Å². The van der Waals surface area contributed by atoms with Crippen molar-refractivity contribution in [2.75, 3.05) is 44.4 Å². The molecular weight excluding hydrogens is 582 g/mol. The molecule has 0 bridgehead atoms. The van der Waals surface area contributed by atoms with Crippen LogP contribution in [0.2, 0.25) is 0 Å². The molecule has 11 nitrogen and oxygen atoms in total. The van der Waals surface area contributed by atoms with Crippen molar-refractivity contribution >= 4 is 40.3 Å². The molecule has 12 heteroatoms. The van der Waals surface area contributed by atoms with Gasteiger partial charge in [-0.15, -0.1) is 17.0 Å². The topological polar surface area (TPSA) is 138 Å². The number of carbonyl (C=O) groups is 2. The maximum atomic E-state index is 13.7. The van der Waals surface area contributed by atoms with Gasteiger partial charge in [-0.05, 0) is 44.2 Å². The van der Waals surface area contributed by atoms with E-state index in [1.807, 2.05) is 34.6 Å². The van der Waals surface area contributed by atoms with Gasteiger partial charge < -0.3 is 29.1 Å². The van der Waals surface area contributed by atoms with Gasteiger partial charge in [-0.25, -0.2) is 14.8 Å². The predicted octanol–water partition coefficient (Wildman–Crippen LogP) is 4.24. The Morgan fingerprint density at radius 1 is 1.02 bits per heavy atom. The first-order valence-corrected chi connectivity index (χ1v) is 13.3. The van der Waals surface area contributed by atoms with E-state index in [2.05, 4.69) is 14.9 Å². The fourth-order valence-electron chi connectivity index (χ4n) is 4.82. The Morgan fingerprint density at radius 3 is 2.23 bits per heavy atom. The Morgan fingerprint density at radius 2 is 1.65 bits per heavy atom. The van der Waals surface area contributed by atoms with E-state index in [0.717, 1.165) is 37.2 Å². The van der Waals surface area contributed by atoms with E-state index in [1.165, 1.54) is 0 Å². The average Bonchev–Trinajstić information content (AvgIpc) is 3.51. The van der Waals surface area contributed by atoms with Crippen molar-refractivity contribution in [3.05, 3.63) is 34.6 Å². The Labute approximate surface area is 245 Å². The van der Waals surface area contributed by atoms with Crippen LogP contribution in [0.5, 0.6) is 17.5 Å². The van der Waals surface area contributed by atoms with Gasteiger partial charge in [0.15, 0.2) is 12.4 Å². The fourth-order valence-corrected chi connectivity index (χ4v) is 4.82. The number of nitrogens with zero attached hydrogens (tertiary/aromatic N) is 4. The van der Waals surface area contributed by atoms with E-state index in [4.69, 9.17) is 19.6 Å². The number of hydrogen-bond donors (Lipinski definition) is 2. The largest absolute Gasteiger partial charge is 0.479 e. The molecule has 4 rings (SSSR count). The van der Waals surface area contributed by atoms with Crippen LogP contribution in [-0.4, -0.2) is 77.0 Å². The number of ketones is 1. The summed E-state index contributed by atoms with van der Waals surface area (Å²) in [7, 11) is 0. The molecule has 2 N–H and O–H groups in total. The summed E-state index contributed by atoms with van der Waals surface area (Å²) >= 11 is 0. The first kappa shape index (κ1) is 31.1. The second-order valence-electron chi connectivity index (χ2n) is 10.6. The van der Waals surface area contributed by atoms with Crippen LogP contribution >= 0.6 is 17.0 Å². The third kappa shape index (κ3) is 6.65. The molecule has 0 unspecified atom stereocenters. The van der Waals surface area contributed by atoms with Crippen molar-refractivity contribution in [2.45, 2.75) is 59.4 Å². The number of halogens is 1. The number of rotatable bonds is 11. The standard InChI is InChI=1S/C28H37N5O6.BrH/c1-6-37-26-27(38-7-2)31-23-19(30-26)14-33(25(23)29)15-21(34)17-12-18(28(3,4)5)24(39-16-22(35)36)20(13-17)32-10-8-9-11-32;/h12-13,29H,6-11,14-16H2,1-5H3,(H,35,36);1H. The van der Waals surface area contributed by atoms with Crippen LogP contribution in [0.3, 0.4) is 0 Å². The van der Waals surface area contributed by atoms with Crippen molar-refractivity contribution in [1.82, 2.24) is 14.9 Å². The van der Waals surface area contributed by atoms with Gasteiger partial charge in [0.2, 0.25) is 0 Å². The van der Waals surface area contributed by atoms with Crippen molar-refractivity contribution in [2.24, 2.45) is 0 Å². The summed E-state index contributed by atoms with van der Waals surface area (Å²) in [5.41, 5.74) is 2.51. The zero-order valence-electron chi connectivity index (χ0n) is 23.7. The minimum atomic E-state index is -1.06. The number of ether oxygens (including phenoxy) is 3. The van der Waals surface area contributed by atoms with Gasteiger partial charge in [-0.1, -0.05) is 20.8 Å². The monoisotopic (exact) mass is 619 g/mol. The minimum absolute atomic E-state index is 0. The van der Waals surface area contributed by atoms with E-state index in [1.54, 1.807) is 17.0 Å². The smallest absolute Gasteiger partial charge is 0.341 e. The molecule has 2 aliphatic rings. The third-order valence-corrected chi connectivity index (χ3v) is 6.67. The van der Waals surface area contributed by atoms with Crippen LogP contribution in [0.1, 0.15) is 74.8 Å². The average molecular weight is 621 g/mol. The highest BCUT2D eigenvalue weighted by Gasteiger charge is 2.33. The molecule has 0 amide bonds. The van der Waals surface area contributed by atoms with Gasteiger partial charge in [0.05, 0.1) is 37.7 Å². The number of fused-ring (bicyclic) bond motifs is 1. The van der Waals surface area contributed by atoms with E-state index >= 15 is 0 Å². The molecule has 40 heavy (non-hydrogen) atoms. The molecule has 1 aromatic carbocycles. The third-order valence-electron chi connectivity index (χ3n) is 6.67. The van der Waals surface area contributed by atoms with Crippen LogP contribution in [-0.2, 0) is 16.8 Å². The Bertz CT molecular complexity index is 1270. The van der Waals surface area contributed by atoms with E-state index in [-0.39, 0.29) is 53.4 Å². The lowest BCUT2D eigenvalue weighted by molar-refractivity contribution is -0.139. The molecule has 0 atom stereocenters. The first-order chi connectivity index (χ1) is 18.5. The number of benzene rings is 1. The number of amidine groups is 1. The normalized spacial score (nSPS) is 14.6. The van der Waals surface area contributed by atoms with E-state index in [0.29, 0.717) is 35.9 Å². The number of carboxylic acid groups (broad SMARTS) is 1. The zero-order chi connectivity index (χ0) is 28.3. The summed E-state index contributed by atoms with van der Waals surface area (Å²) in [6.45, 7) is 11.8. The molecule has 2 aromatic rings. The number of Topliss-reactive ketones (excluding diaryl/α,β-unsaturated/α-hetero) is 1. The number of hydrogen-bond acceptors (Lipinski definition) is 9. The maximum absolute atomic E-state index is 13.7. The van der Waals surface area contributed by atoms with Gasteiger partial charge in [0, 0.05) is 24.2 Å². The zero-order valence-corrected chi connectivity index (χ0v) is 25.4. The van der Waals surface area contributed by atoms with Crippen LogP contribution in [0.15, 0.2) is 12.1 Å². The summed E-state index contributed by atoms with van der Waals surface area (Å²) in [5, 5.41) is 18.0. The van der Waals surface area contributed by atoms with Crippen LogP contribution in [0.4, 0.5) is 5.69 Å². The Hall–Kier alpha value is -3.41. The Balaban J connectivity index is 0.00000441. The van der Waals surface area contributed by atoms with Crippen LogP contribution in [0.25, 0.3) is 0 Å². The molecule has 218 valence electrons. The summed E-state index contributed by atoms with van der Waals surface area (Å²) in [6.07, 6.45) is 2.02. The highest BCUT2D eigenvalue weighted by Crippen LogP contribution is 2.41. The second-order valence-corrected chi connectivity index (χ2v) is 10.6. The van der Waals surface area contributed by atoms with Gasteiger partial charge in [0.25, 0.3) is 11.8 Å². The van der Waals surface area contributed by atoms with Crippen molar-refractivity contribution in [3.8, 4) is 17.5 Å². The summed E-state index contributed by atoms with van der Waals surface area (Å²) in [4.78, 5) is 37.8. The lowest BCUT2D eigenvalue weighted by Crippen LogP contribution is -2.31. The molecule has 0 saturated carbocycles.